The van der Waals surface area contributed by atoms with Crippen LogP contribution in [0.3, 0.4) is 0 Å². The average molecular weight is 440 g/mol. The maximum Gasteiger partial charge on any atom is 0.191 e. The predicted octanol–water partition coefficient (Wildman–Crippen LogP) is 2.85. The number of nitrogens with zero attached hydrogens (tertiary/aromatic N) is 2. The zero-order valence-electron chi connectivity index (χ0n) is 15.5. The van der Waals surface area contributed by atoms with Crippen LogP contribution in [0.2, 0.25) is 0 Å². The van der Waals surface area contributed by atoms with Crippen molar-refractivity contribution >= 4 is 29.9 Å². The van der Waals surface area contributed by atoms with Crippen LogP contribution in [-0.2, 0) is 4.74 Å². The predicted molar refractivity (Wildman–Crippen MR) is 110 cm³/mol. The molecule has 1 fully saturated rings. The third-order valence-corrected chi connectivity index (χ3v) is 4.23. The van der Waals surface area contributed by atoms with Crippen LogP contribution in [0.4, 0.5) is 0 Å². The molecule has 0 saturated carbocycles. The van der Waals surface area contributed by atoms with E-state index < -0.39 is 0 Å². The number of hydrogen-bond acceptors (Lipinski definition) is 3. The fourth-order valence-electron chi connectivity index (χ4n) is 2.76. The van der Waals surface area contributed by atoms with E-state index in [1.807, 2.05) is 7.05 Å². The minimum atomic E-state index is -0.0238. The van der Waals surface area contributed by atoms with Gasteiger partial charge in [-0.15, -0.1) is 24.0 Å². The molecule has 5 nitrogen and oxygen atoms in total. The summed E-state index contributed by atoms with van der Waals surface area (Å²) in [5.74, 6) is 0.893. The Balaban J connectivity index is 0.00000484. The molecule has 1 rings (SSSR count). The Morgan fingerprint density at radius 1 is 1.13 bits per heavy atom. The van der Waals surface area contributed by atoms with Gasteiger partial charge in [0.1, 0.15) is 0 Å². The van der Waals surface area contributed by atoms with Crippen LogP contribution >= 0.6 is 24.0 Å². The summed E-state index contributed by atoms with van der Waals surface area (Å²) < 4.78 is 5.78. The maximum absolute atomic E-state index is 5.78. The molecule has 0 aromatic carbocycles. The number of nitrogens with one attached hydrogen (secondary N) is 2. The van der Waals surface area contributed by atoms with E-state index in [4.69, 9.17) is 4.74 Å². The molecule has 1 atom stereocenters. The maximum atomic E-state index is 5.78. The molecule has 0 aromatic rings. The molecule has 0 aromatic heterocycles. The first-order valence-corrected chi connectivity index (χ1v) is 8.79. The van der Waals surface area contributed by atoms with Gasteiger partial charge in [-0.25, -0.2) is 0 Å². The molecule has 1 unspecified atom stereocenters. The fourth-order valence-corrected chi connectivity index (χ4v) is 2.76. The fraction of sp³-hybridized carbons (Fsp3) is 0.941. The highest BCUT2D eigenvalue weighted by atomic mass is 127. The standard InChI is InChI=1S/C17H36N4O.HI/c1-17(11-10-14-22-17)15-20-16(18-2)19-12-8-6-5-7-9-13-21(3)4;/h5-15H2,1-4H3,(H2,18,19,20);1H. The molecule has 1 heterocycles. The first-order valence-electron chi connectivity index (χ1n) is 8.79. The lowest BCUT2D eigenvalue weighted by Crippen LogP contribution is -2.45. The van der Waals surface area contributed by atoms with Crippen molar-refractivity contribution in [1.29, 1.82) is 0 Å². The van der Waals surface area contributed by atoms with Gasteiger partial charge in [-0.2, -0.15) is 0 Å². The van der Waals surface area contributed by atoms with Crippen molar-refractivity contribution in [2.24, 2.45) is 4.99 Å². The highest BCUT2D eigenvalue weighted by Gasteiger charge is 2.29. The molecule has 0 bridgehead atoms. The highest BCUT2D eigenvalue weighted by molar-refractivity contribution is 14.0. The summed E-state index contributed by atoms with van der Waals surface area (Å²) in [6, 6.07) is 0. The van der Waals surface area contributed by atoms with Gasteiger partial charge in [-0.3, -0.25) is 4.99 Å². The molecule has 0 spiro atoms. The molecule has 0 aliphatic carbocycles. The number of halogens is 1. The Labute approximate surface area is 160 Å². The van der Waals surface area contributed by atoms with Crippen LogP contribution in [0.1, 0.15) is 51.9 Å². The van der Waals surface area contributed by atoms with E-state index in [2.05, 4.69) is 41.5 Å². The first kappa shape index (κ1) is 22.9. The van der Waals surface area contributed by atoms with Crippen molar-refractivity contribution in [1.82, 2.24) is 15.5 Å². The summed E-state index contributed by atoms with van der Waals surface area (Å²) in [6.07, 6.45) is 8.76. The van der Waals surface area contributed by atoms with Gasteiger partial charge in [0.2, 0.25) is 0 Å². The van der Waals surface area contributed by atoms with Gasteiger partial charge in [-0.1, -0.05) is 19.3 Å². The van der Waals surface area contributed by atoms with Gasteiger partial charge < -0.3 is 20.3 Å². The number of ether oxygens (including phenoxy) is 1. The summed E-state index contributed by atoms with van der Waals surface area (Å²) in [5.41, 5.74) is -0.0238. The summed E-state index contributed by atoms with van der Waals surface area (Å²) in [6.45, 7) is 6.09. The lowest BCUT2D eigenvalue weighted by molar-refractivity contribution is 0.0243. The van der Waals surface area contributed by atoms with Gasteiger partial charge in [0.05, 0.1) is 5.60 Å². The van der Waals surface area contributed by atoms with Crippen molar-refractivity contribution in [3.8, 4) is 0 Å². The molecular weight excluding hydrogens is 403 g/mol. The van der Waals surface area contributed by atoms with Crippen LogP contribution in [0.5, 0.6) is 0 Å². The molecule has 23 heavy (non-hydrogen) atoms. The van der Waals surface area contributed by atoms with Crippen LogP contribution < -0.4 is 10.6 Å². The minimum absolute atomic E-state index is 0. The summed E-state index contributed by atoms with van der Waals surface area (Å²) in [7, 11) is 6.10. The molecule has 6 heteroatoms. The molecule has 1 saturated heterocycles. The Morgan fingerprint density at radius 3 is 2.43 bits per heavy atom. The average Bonchev–Trinajstić information content (AvgIpc) is 2.91. The zero-order chi connectivity index (χ0) is 16.3. The van der Waals surface area contributed by atoms with Gasteiger partial charge in [0.15, 0.2) is 5.96 Å². The number of hydrogen-bond donors (Lipinski definition) is 2. The Kier molecular flexibility index (Phi) is 13.2. The smallest absolute Gasteiger partial charge is 0.191 e. The highest BCUT2D eigenvalue weighted by Crippen LogP contribution is 2.23. The van der Waals surface area contributed by atoms with Crippen molar-refractivity contribution in [2.75, 3.05) is 47.4 Å². The zero-order valence-corrected chi connectivity index (χ0v) is 17.8. The van der Waals surface area contributed by atoms with Crippen molar-refractivity contribution in [3.05, 3.63) is 0 Å². The molecule has 0 radical (unpaired) electrons. The van der Waals surface area contributed by atoms with E-state index in [1.165, 1.54) is 38.6 Å². The lowest BCUT2D eigenvalue weighted by atomic mass is 10.0. The van der Waals surface area contributed by atoms with Gasteiger partial charge >= 0.3 is 0 Å². The topological polar surface area (TPSA) is 48.9 Å². The van der Waals surface area contributed by atoms with Gasteiger partial charge in [0, 0.05) is 26.7 Å². The summed E-state index contributed by atoms with van der Waals surface area (Å²) in [4.78, 5) is 6.54. The summed E-state index contributed by atoms with van der Waals surface area (Å²) >= 11 is 0. The van der Waals surface area contributed by atoms with E-state index in [-0.39, 0.29) is 29.6 Å². The number of rotatable bonds is 10. The molecule has 1 aliphatic heterocycles. The third-order valence-electron chi connectivity index (χ3n) is 4.23. The van der Waals surface area contributed by atoms with Crippen LogP contribution in [0.25, 0.3) is 0 Å². The Morgan fingerprint density at radius 2 is 1.83 bits per heavy atom. The Hall–Kier alpha value is -0.0800. The Bertz CT molecular complexity index is 318. The second-order valence-corrected chi connectivity index (χ2v) is 6.83. The van der Waals surface area contributed by atoms with E-state index >= 15 is 0 Å². The second kappa shape index (κ2) is 13.2. The van der Waals surface area contributed by atoms with E-state index in [1.54, 1.807) is 0 Å². The molecule has 138 valence electrons. The lowest BCUT2D eigenvalue weighted by Gasteiger charge is -2.24. The first-order chi connectivity index (χ1) is 10.6. The van der Waals surface area contributed by atoms with E-state index in [0.29, 0.717) is 0 Å². The number of aliphatic imine (C=N–C) groups is 1. The van der Waals surface area contributed by atoms with E-state index in [0.717, 1.165) is 38.5 Å². The SMILES string of the molecule is CN=C(NCCCCCCCN(C)C)NCC1(C)CCCO1.I. The summed E-state index contributed by atoms with van der Waals surface area (Å²) in [5, 5.41) is 6.78. The largest absolute Gasteiger partial charge is 0.373 e. The molecule has 2 N–H and O–H groups in total. The molecular formula is C17H37IN4O. The van der Waals surface area contributed by atoms with Crippen LogP contribution in [-0.4, -0.2) is 63.8 Å². The normalized spacial score (nSPS) is 21.3. The van der Waals surface area contributed by atoms with Crippen molar-refractivity contribution in [2.45, 2.75) is 57.5 Å². The van der Waals surface area contributed by atoms with Gasteiger partial charge in [-0.05, 0) is 53.2 Å². The molecule has 0 amide bonds. The van der Waals surface area contributed by atoms with Crippen molar-refractivity contribution in [3.63, 3.8) is 0 Å². The second-order valence-electron chi connectivity index (χ2n) is 6.83. The van der Waals surface area contributed by atoms with Crippen LogP contribution in [0.15, 0.2) is 4.99 Å². The quantitative estimate of drug-likeness (QED) is 0.238. The minimum Gasteiger partial charge on any atom is -0.373 e. The number of guanidine groups is 1. The van der Waals surface area contributed by atoms with Crippen molar-refractivity contribution < 1.29 is 4.74 Å². The van der Waals surface area contributed by atoms with E-state index in [9.17, 15) is 0 Å². The number of unbranched alkanes of at least 4 members (excludes halogenated alkanes) is 4. The molecule has 1 aliphatic rings. The van der Waals surface area contributed by atoms with Gasteiger partial charge in [0.25, 0.3) is 0 Å². The third kappa shape index (κ3) is 11.2. The van der Waals surface area contributed by atoms with Crippen LogP contribution in [0, 0.1) is 0 Å². The monoisotopic (exact) mass is 440 g/mol.